The summed E-state index contributed by atoms with van der Waals surface area (Å²) >= 11 is 1.61. The second kappa shape index (κ2) is 6.99. The number of hydrogen-bond donors (Lipinski definition) is 1. The van der Waals surface area contributed by atoms with Gasteiger partial charge in [0.2, 0.25) is 5.16 Å². The lowest BCUT2D eigenvalue weighted by Crippen LogP contribution is -2.14. The highest BCUT2D eigenvalue weighted by Gasteiger charge is 2.11. The first-order valence-electron chi connectivity index (χ1n) is 8.14. The normalized spacial score (nSPS) is 11.0. The van der Waals surface area contributed by atoms with E-state index < -0.39 is 0 Å². The Morgan fingerprint density at radius 3 is 2.48 bits per heavy atom. The van der Waals surface area contributed by atoms with Crippen molar-refractivity contribution in [2.45, 2.75) is 17.3 Å². The van der Waals surface area contributed by atoms with Crippen LogP contribution in [0.5, 0.6) is 0 Å². The Bertz CT molecular complexity index is 990. The fraction of sp³-hybridized carbons (Fsp3) is 0.100. The molecule has 1 heterocycles. The van der Waals surface area contributed by atoms with Gasteiger partial charge >= 0.3 is 0 Å². The Balaban J connectivity index is 1.52. The summed E-state index contributed by atoms with van der Waals surface area (Å²) < 4.78 is 1.60. The molecule has 0 unspecified atom stereocenters. The number of aromatic nitrogens is 3. The molecule has 0 bridgehead atoms. The van der Waals surface area contributed by atoms with Crippen LogP contribution in [0.15, 0.2) is 78.0 Å². The van der Waals surface area contributed by atoms with Crippen molar-refractivity contribution in [3.63, 3.8) is 0 Å². The summed E-state index contributed by atoms with van der Waals surface area (Å²) in [7, 11) is 0. The third kappa shape index (κ3) is 3.37. The molecule has 0 radical (unpaired) electrons. The van der Waals surface area contributed by atoms with E-state index in [4.69, 9.17) is 5.84 Å². The number of nitrogens with zero attached hydrogens (tertiary/aromatic N) is 3. The van der Waals surface area contributed by atoms with Crippen LogP contribution in [-0.2, 0) is 12.2 Å². The van der Waals surface area contributed by atoms with Crippen molar-refractivity contribution < 1.29 is 0 Å². The smallest absolute Gasteiger partial charge is 0.210 e. The first-order valence-corrected chi connectivity index (χ1v) is 9.12. The molecule has 0 saturated carbocycles. The summed E-state index contributed by atoms with van der Waals surface area (Å²) in [6.45, 7) is 0. The first-order chi connectivity index (χ1) is 12.3. The van der Waals surface area contributed by atoms with E-state index in [1.807, 2.05) is 18.2 Å². The molecular formula is C20H18N4S. The summed E-state index contributed by atoms with van der Waals surface area (Å²) in [4.78, 5) is 0. The SMILES string of the molecule is Nn1c(Cc2ccccc2)nnc1SCc1cccc2ccccc12. The van der Waals surface area contributed by atoms with Crippen LogP contribution in [0.3, 0.4) is 0 Å². The summed E-state index contributed by atoms with van der Waals surface area (Å²) in [5.74, 6) is 7.78. The number of nitrogen functional groups attached to an aromatic ring is 1. The fourth-order valence-corrected chi connectivity index (χ4v) is 3.74. The van der Waals surface area contributed by atoms with Gasteiger partial charge in [0.1, 0.15) is 0 Å². The van der Waals surface area contributed by atoms with Gasteiger partial charge in [-0.2, -0.15) is 0 Å². The predicted octanol–water partition coefficient (Wildman–Crippen LogP) is 4.03. The van der Waals surface area contributed by atoms with Crippen molar-refractivity contribution in [2.75, 3.05) is 5.84 Å². The largest absolute Gasteiger partial charge is 0.336 e. The van der Waals surface area contributed by atoms with Crippen molar-refractivity contribution >= 4 is 22.5 Å². The van der Waals surface area contributed by atoms with E-state index in [1.54, 1.807) is 16.4 Å². The van der Waals surface area contributed by atoms with Crippen LogP contribution in [0.4, 0.5) is 0 Å². The second-order valence-electron chi connectivity index (χ2n) is 5.86. The average Bonchev–Trinajstić information content (AvgIpc) is 3.00. The molecule has 0 saturated heterocycles. The van der Waals surface area contributed by atoms with Crippen LogP contribution in [0.25, 0.3) is 10.8 Å². The van der Waals surface area contributed by atoms with Gasteiger partial charge in [0.15, 0.2) is 5.82 Å². The maximum absolute atomic E-state index is 6.20. The molecule has 0 spiro atoms. The Labute approximate surface area is 150 Å². The molecule has 0 aliphatic carbocycles. The highest BCUT2D eigenvalue weighted by molar-refractivity contribution is 7.98. The third-order valence-electron chi connectivity index (χ3n) is 4.18. The van der Waals surface area contributed by atoms with Crippen LogP contribution in [-0.4, -0.2) is 14.9 Å². The topological polar surface area (TPSA) is 56.7 Å². The maximum Gasteiger partial charge on any atom is 0.210 e. The van der Waals surface area contributed by atoms with Crippen LogP contribution in [0, 0.1) is 0 Å². The fourth-order valence-electron chi connectivity index (χ4n) is 2.87. The minimum atomic E-state index is 0.680. The lowest BCUT2D eigenvalue weighted by molar-refractivity contribution is 0.805. The average molecular weight is 346 g/mol. The maximum atomic E-state index is 6.20. The Morgan fingerprint density at radius 1 is 0.840 bits per heavy atom. The van der Waals surface area contributed by atoms with Gasteiger partial charge in [0.05, 0.1) is 0 Å². The molecular weight excluding hydrogens is 328 g/mol. The van der Waals surface area contributed by atoms with E-state index in [1.165, 1.54) is 21.9 Å². The Kier molecular flexibility index (Phi) is 4.39. The summed E-state index contributed by atoms with van der Waals surface area (Å²) in [6.07, 6.45) is 0.680. The zero-order valence-electron chi connectivity index (χ0n) is 13.7. The van der Waals surface area contributed by atoms with E-state index in [2.05, 4.69) is 64.8 Å². The van der Waals surface area contributed by atoms with E-state index in [0.29, 0.717) is 6.42 Å². The van der Waals surface area contributed by atoms with Crippen molar-refractivity contribution in [1.82, 2.24) is 14.9 Å². The molecule has 0 amide bonds. The van der Waals surface area contributed by atoms with Crippen LogP contribution in [0.1, 0.15) is 17.0 Å². The van der Waals surface area contributed by atoms with Crippen molar-refractivity contribution in [3.8, 4) is 0 Å². The van der Waals surface area contributed by atoms with Crippen molar-refractivity contribution in [3.05, 3.63) is 89.7 Å². The number of benzene rings is 3. The van der Waals surface area contributed by atoms with Crippen LogP contribution >= 0.6 is 11.8 Å². The number of hydrogen-bond acceptors (Lipinski definition) is 4. The molecule has 0 fully saturated rings. The number of fused-ring (bicyclic) bond motifs is 1. The van der Waals surface area contributed by atoms with Gasteiger partial charge in [-0.3, -0.25) is 0 Å². The zero-order valence-corrected chi connectivity index (χ0v) is 14.5. The summed E-state index contributed by atoms with van der Waals surface area (Å²) in [5, 5.41) is 11.8. The molecule has 25 heavy (non-hydrogen) atoms. The molecule has 0 aliphatic rings. The van der Waals surface area contributed by atoms with E-state index in [0.717, 1.165) is 16.7 Å². The second-order valence-corrected chi connectivity index (χ2v) is 6.80. The van der Waals surface area contributed by atoms with Crippen molar-refractivity contribution in [2.24, 2.45) is 0 Å². The zero-order chi connectivity index (χ0) is 17.1. The van der Waals surface area contributed by atoms with Crippen LogP contribution in [0.2, 0.25) is 0 Å². The van der Waals surface area contributed by atoms with E-state index in [-0.39, 0.29) is 0 Å². The standard InChI is InChI=1S/C20H18N4S/c21-24-19(13-15-7-2-1-3-8-15)22-23-20(24)25-14-17-11-6-10-16-9-4-5-12-18(16)17/h1-12H,13-14,21H2. The summed E-state index contributed by atoms with van der Waals surface area (Å²) in [5.41, 5.74) is 2.45. The molecule has 0 aliphatic heterocycles. The molecule has 1 aromatic heterocycles. The minimum Gasteiger partial charge on any atom is -0.336 e. The van der Waals surface area contributed by atoms with E-state index >= 15 is 0 Å². The highest BCUT2D eigenvalue weighted by Crippen LogP contribution is 2.26. The molecule has 2 N–H and O–H groups in total. The third-order valence-corrected chi connectivity index (χ3v) is 5.17. The number of rotatable bonds is 5. The lowest BCUT2D eigenvalue weighted by atomic mass is 10.1. The number of nitrogens with two attached hydrogens (primary N) is 1. The van der Waals surface area contributed by atoms with Gasteiger partial charge in [-0.15, -0.1) is 10.2 Å². The molecule has 4 rings (SSSR count). The van der Waals surface area contributed by atoms with Crippen molar-refractivity contribution in [1.29, 1.82) is 0 Å². The molecule has 4 aromatic rings. The number of thioether (sulfide) groups is 1. The summed E-state index contributed by atoms with van der Waals surface area (Å²) in [6, 6.07) is 25.0. The minimum absolute atomic E-state index is 0.680. The van der Waals surface area contributed by atoms with Gasteiger partial charge in [-0.25, -0.2) is 4.68 Å². The van der Waals surface area contributed by atoms with Gasteiger partial charge in [0.25, 0.3) is 0 Å². The Morgan fingerprint density at radius 2 is 1.60 bits per heavy atom. The van der Waals surface area contributed by atoms with Gasteiger partial charge in [0, 0.05) is 12.2 Å². The molecule has 0 atom stereocenters. The molecule has 3 aromatic carbocycles. The van der Waals surface area contributed by atoms with Gasteiger partial charge < -0.3 is 5.84 Å². The lowest BCUT2D eigenvalue weighted by Gasteiger charge is -2.07. The van der Waals surface area contributed by atoms with Gasteiger partial charge in [-0.05, 0) is 21.9 Å². The van der Waals surface area contributed by atoms with Gasteiger partial charge in [-0.1, -0.05) is 84.6 Å². The molecule has 124 valence electrons. The van der Waals surface area contributed by atoms with E-state index in [9.17, 15) is 0 Å². The monoisotopic (exact) mass is 346 g/mol. The quantitative estimate of drug-likeness (QED) is 0.438. The Hall–Kier alpha value is -2.79. The van der Waals surface area contributed by atoms with Crippen LogP contribution < -0.4 is 5.84 Å². The molecule has 5 heteroatoms. The first kappa shape index (κ1) is 15.7. The highest BCUT2D eigenvalue weighted by atomic mass is 32.2. The predicted molar refractivity (Wildman–Crippen MR) is 103 cm³/mol. The molecule has 4 nitrogen and oxygen atoms in total.